The Morgan fingerprint density at radius 2 is 0.683 bits per heavy atom. The lowest BCUT2D eigenvalue weighted by Crippen LogP contribution is -2.27. The first-order valence-electron chi connectivity index (χ1n) is 37.8. The summed E-state index contributed by atoms with van der Waals surface area (Å²) in [5.41, 5.74) is 4.42. The summed E-state index contributed by atoms with van der Waals surface area (Å²) in [5.74, 6) is -21.8. The molecule has 126 heavy (non-hydrogen) atoms. The van der Waals surface area contributed by atoms with Crippen molar-refractivity contribution in [3.63, 3.8) is 0 Å². The van der Waals surface area contributed by atoms with Crippen molar-refractivity contribution in [3.8, 4) is 17.2 Å². The number of carbonyl (C=O) groups is 3. The van der Waals surface area contributed by atoms with Gasteiger partial charge in [-0.3, -0.25) is 14.4 Å². The molecule has 0 aromatic heterocycles. The number of aryl methyl sites for hydroxylation is 3. The van der Waals surface area contributed by atoms with E-state index in [1.165, 1.54) is 57.2 Å². The van der Waals surface area contributed by atoms with E-state index >= 15 is 0 Å². The predicted octanol–water partition coefficient (Wildman–Crippen LogP) is 26.8. The summed E-state index contributed by atoms with van der Waals surface area (Å²) in [7, 11) is -11.6. The number of fused-ring (bicyclic) bond motifs is 1. The lowest BCUT2D eigenvalue weighted by atomic mass is 9.90. The summed E-state index contributed by atoms with van der Waals surface area (Å²) in [4.78, 5) is 39.0. The number of phenols is 1. The molecule has 0 radical (unpaired) electrons. The average Bonchev–Trinajstić information content (AvgIpc) is 1.54. The molecule has 27 heteroatoms. The Morgan fingerprint density at radius 1 is 0.405 bits per heavy atom. The minimum absolute atomic E-state index is 0. The van der Waals surface area contributed by atoms with Crippen molar-refractivity contribution in [2.24, 2.45) is 16.2 Å². The molecule has 10 aromatic rings. The lowest BCUT2D eigenvalue weighted by Gasteiger charge is -2.23. The van der Waals surface area contributed by atoms with Gasteiger partial charge in [-0.05, 0) is 201 Å². The van der Waals surface area contributed by atoms with Gasteiger partial charge in [0.1, 0.15) is 68.3 Å². The number of aromatic hydroxyl groups is 1. The molecule has 0 aliphatic heterocycles. The van der Waals surface area contributed by atoms with Crippen LogP contribution in [-0.2, 0) is 77.0 Å². The summed E-state index contributed by atoms with van der Waals surface area (Å²) in [6, 6.07) is 76.4. The zero-order valence-electron chi connectivity index (χ0n) is 67.8. The van der Waals surface area contributed by atoms with E-state index < -0.39 is 137 Å². The van der Waals surface area contributed by atoms with Gasteiger partial charge in [0.25, 0.3) is 0 Å². The van der Waals surface area contributed by atoms with Gasteiger partial charge in [-0.2, -0.15) is 17.6 Å². The highest BCUT2D eigenvalue weighted by molar-refractivity contribution is 7.97. The molecular weight excluding hydrogens is 1710 g/mol. The fourth-order valence-corrected chi connectivity index (χ4v) is 16.0. The Labute approximate surface area is 751 Å². The van der Waals surface area contributed by atoms with E-state index in [0.717, 1.165) is 25.7 Å². The van der Waals surface area contributed by atoms with E-state index in [1.807, 2.05) is 45.0 Å². The number of rotatable bonds is 25. The molecule has 11 rings (SSSR count). The summed E-state index contributed by atoms with van der Waals surface area (Å²) < 4.78 is 197. The van der Waals surface area contributed by atoms with Crippen molar-refractivity contribution in [3.05, 3.63) is 293 Å². The number of esters is 3. The van der Waals surface area contributed by atoms with Crippen LogP contribution >= 0.6 is 0 Å². The van der Waals surface area contributed by atoms with Crippen LogP contribution < -0.4 is 9.47 Å². The molecule has 2 unspecified atom stereocenters. The van der Waals surface area contributed by atoms with E-state index in [2.05, 4.69) is 219 Å². The van der Waals surface area contributed by atoms with E-state index in [1.54, 1.807) is 53.7 Å². The summed E-state index contributed by atoms with van der Waals surface area (Å²) in [6.45, 7) is 22.1. The van der Waals surface area contributed by atoms with Crippen LogP contribution in [0.3, 0.4) is 0 Å². The highest BCUT2D eigenvalue weighted by Gasteiger charge is 2.36. The summed E-state index contributed by atoms with van der Waals surface area (Å²) in [6.07, 6.45) is 4.76. The topological polar surface area (TPSA) is 232 Å². The Balaban J connectivity index is -0.00000144. The standard InChI is InChI=1S/2C19H17S.C15H20O2.2C14H16F4O6S.C10H14O.8CH4/c2*1-16-12-14-19(15-13-16)20(17-8-4-2-5-9-17)18-10-6-3-7-11-18;1-4-15(2,3)14(16)17-13-10-9-11-7-5-6-8-12(11)13;2*1-4-14(2,3)13(19)24-6-5-23-11-7(15)9(17)12(25(20,21)22)10(18)8(11)16;1-3-8(2)9-4-6-10(11)7-5-9;;;;;;;;/h2*2-15H,1H3;5-8,13H,4,9-10H2,1-3H3;2*4-6H2,1-3H3,(H,20,21,22);4-8,11H,3H2,1-2H3;8*1H4/q2*+1;;;;;;;;;;;;/p-2. The van der Waals surface area contributed by atoms with Crippen LogP contribution in [0.2, 0.25) is 0 Å². The summed E-state index contributed by atoms with van der Waals surface area (Å²) in [5, 5.41) is 9.01. The lowest BCUT2D eigenvalue weighted by molar-refractivity contribution is -0.160. The number of ether oxygens (including phenoxy) is 5. The zero-order valence-corrected chi connectivity index (χ0v) is 71.1. The first-order chi connectivity index (χ1) is 55.6. The molecule has 1 aliphatic carbocycles. The highest BCUT2D eigenvalue weighted by Crippen LogP contribution is 2.39. The van der Waals surface area contributed by atoms with Gasteiger partial charge in [-0.25, -0.2) is 34.4 Å². The van der Waals surface area contributed by atoms with Crippen molar-refractivity contribution in [2.75, 3.05) is 26.4 Å². The van der Waals surface area contributed by atoms with E-state index in [0.29, 0.717) is 24.5 Å². The molecule has 1 aliphatic rings. The molecule has 0 amide bonds. The molecule has 10 aromatic carbocycles. The maximum atomic E-state index is 13.6. The molecule has 1 N–H and O–H groups in total. The number of carbonyl (C=O) groups excluding carboxylic acids is 3. The Kier molecular flexibility index (Phi) is 52.9. The van der Waals surface area contributed by atoms with Crippen LogP contribution in [0.25, 0.3) is 0 Å². The molecule has 15 nitrogen and oxygen atoms in total. The first-order valence-corrected chi connectivity index (χ1v) is 43.1. The van der Waals surface area contributed by atoms with Gasteiger partial charge in [0.2, 0.25) is 23.3 Å². The third kappa shape index (κ3) is 34.0. The molecule has 2 atom stereocenters. The smallest absolute Gasteiger partial charge is 0.312 e. The van der Waals surface area contributed by atoms with Crippen molar-refractivity contribution >= 4 is 59.9 Å². The van der Waals surface area contributed by atoms with Crippen LogP contribution in [-0.4, -0.2) is 75.4 Å². The van der Waals surface area contributed by atoms with Crippen molar-refractivity contribution in [2.45, 2.75) is 239 Å². The quantitative estimate of drug-likeness (QED) is 0.0107. The number of phenolic OH excluding ortho intramolecular Hbond substituents is 1. The van der Waals surface area contributed by atoms with Gasteiger partial charge >= 0.3 is 17.9 Å². The third-order valence-electron chi connectivity index (χ3n) is 19.1. The molecule has 0 saturated heterocycles. The largest absolute Gasteiger partial charge is 0.744 e. The van der Waals surface area contributed by atoms with Crippen LogP contribution in [0.5, 0.6) is 17.2 Å². The Morgan fingerprint density at radius 3 is 0.968 bits per heavy atom. The number of hydrogen-bond acceptors (Lipinski definition) is 15. The minimum Gasteiger partial charge on any atom is -0.744 e. The monoisotopic (exact) mass is 1840 g/mol. The predicted molar refractivity (Wildman–Crippen MR) is 490 cm³/mol. The fourth-order valence-electron chi connectivity index (χ4n) is 10.6. The highest BCUT2D eigenvalue weighted by atomic mass is 32.2. The Hall–Kier alpha value is -10.0. The maximum absolute atomic E-state index is 13.6. The van der Waals surface area contributed by atoms with Crippen molar-refractivity contribution in [1.29, 1.82) is 0 Å². The van der Waals surface area contributed by atoms with Crippen LogP contribution in [0.15, 0.2) is 258 Å². The van der Waals surface area contributed by atoms with E-state index in [9.17, 15) is 75.4 Å². The molecule has 0 spiro atoms. The second-order valence-electron chi connectivity index (χ2n) is 28.9. The first kappa shape index (κ1) is 120. The molecular formula is C99H130F8O15S4. The van der Waals surface area contributed by atoms with Crippen LogP contribution in [0.4, 0.5) is 35.1 Å². The van der Waals surface area contributed by atoms with Gasteiger partial charge in [0, 0.05) is 0 Å². The second kappa shape index (κ2) is 55.5. The van der Waals surface area contributed by atoms with Crippen LogP contribution in [0.1, 0.15) is 208 Å². The minimum atomic E-state index is -5.79. The second-order valence-corrected chi connectivity index (χ2v) is 35.6. The maximum Gasteiger partial charge on any atom is 0.312 e. The van der Waals surface area contributed by atoms with Crippen molar-refractivity contribution < 1.29 is 104 Å². The SMILES string of the molecule is C.C.C.C.C.C.C.C.CCC(C)(C)C(=O)OC1CCc2ccccc21.CCC(C)(C)C(=O)OCCOc1c(F)c(F)c(S(=O)(=O)[O-])c(F)c1F.CCC(C)(C)C(=O)OCCOc1c(F)c(F)c(S(=O)(=O)[O-])c(F)c1F.CCC(C)c1ccc(O)cc1.Cc1ccc([S+](c2ccccc2)c2ccccc2)cc1.Cc1ccc([S+](c2ccccc2)c2ccccc2)cc1. The van der Waals surface area contributed by atoms with Gasteiger partial charge in [-0.15, -0.1) is 0 Å². The number of hydrogen-bond donors (Lipinski definition) is 1. The van der Waals surface area contributed by atoms with Gasteiger partial charge < -0.3 is 37.9 Å². The Bertz CT molecular complexity index is 4760. The number of halogens is 8. The van der Waals surface area contributed by atoms with Gasteiger partial charge in [0.05, 0.1) is 38.0 Å². The van der Waals surface area contributed by atoms with Crippen molar-refractivity contribution in [1.82, 2.24) is 0 Å². The third-order valence-corrected chi connectivity index (χ3v) is 25.3. The normalized spacial score (nSPS) is 11.9. The van der Waals surface area contributed by atoms with Gasteiger partial charge in [-0.1, -0.05) is 239 Å². The van der Waals surface area contributed by atoms with Gasteiger partial charge in [0.15, 0.2) is 64.1 Å². The molecule has 696 valence electrons. The molecule has 0 bridgehead atoms. The zero-order chi connectivity index (χ0) is 87.5. The molecule has 0 saturated carbocycles. The van der Waals surface area contributed by atoms with Crippen LogP contribution in [0, 0.1) is 76.6 Å². The summed E-state index contributed by atoms with van der Waals surface area (Å²) >= 11 is 0. The molecule has 0 heterocycles. The molecule has 0 fully saturated rings. The fraction of sp³-hybridized carbons (Fsp3) is 0.364. The van der Waals surface area contributed by atoms with E-state index in [-0.39, 0.29) is 98.7 Å². The van der Waals surface area contributed by atoms with E-state index in [4.69, 9.17) is 19.3 Å². The average molecular weight is 1840 g/mol. The number of benzene rings is 10.